The van der Waals surface area contributed by atoms with Crippen LogP contribution in [0.15, 0.2) is 36.7 Å². The van der Waals surface area contributed by atoms with Gasteiger partial charge in [0.25, 0.3) is 5.78 Å². The van der Waals surface area contributed by atoms with Crippen molar-refractivity contribution < 1.29 is 4.74 Å². The minimum atomic E-state index is 0.592. The molecule has 2 heterocycles. The lowest BCUT2D eigenvalue weighted by atomic mass is 10.3. The predicted molar refractivity (Wildman–Crippen MR) is 76.4 cm³/mol. The van der Waals surface area contributed by atoms with E-state index in [1.165, 1.54) is 6.33 Å². The lowest BCUT2D eigenvalue weighted by molar-refractivity contribution is 0.415. The average molecular weight is 269 g/mol. The van der Waals surface area contributed by atoms with Crippen LogP contribution >= 0.6 is 0 Å². The number of aromatic nitrogens is 4. The maximum Gasteiger partial charge on any atom is 0.254 e. The molecule has 0 amide bonds. The number of nitrogens with zero attached hydrogens (tertiary/aromatic N) is 4. The van der Waals surface area contributed by atoms with E-state index in [9.17, 15) is 0 Å². The smallest absolute Gasteiger partial charge is 0.254 e. The molecule has 102 valence electrons. The number of nitrogens with one attached hydrogen (secondary N) is 1. The number of anilines is 2. The van der Waals surface area contributed by atoms with Gasteiger partial charge in [0.05, 0.1) is 7.11 Å². The van der Waals surface area contributed by atoms with Crippen LogP contribution in [0.1, 0.15) is 12.6 Å². The summed E-state index contributed by atoms with van der Waals surface area (Å²) in [6.45, 7) is 2.06. The first-order chi connectivity index (χ1) is 9.80. The Kier molecular flexibility index (Phi) is 3.20. The summed E-state index contributed by atoms with van der Waals surface area (Å²) >= 11 is 0. The standard InChI is InChI=1S/C14H15N5O/c1-3-10-8-13(19-14(18-10)15-9-16-19)17-11-5-4-6-12(7-11)20-2/h4-9,17H,3H2,1-2H3. The van der Waals surface area contributed by atoms with E-state index >= 15 is 0 Å². The molecule has 0 saturated heterocycles. The molecule has 0 unspecified atom stereocenters. The van der Waals surface area contributed by atoms with Crippen molar-refractivity contribution in [2.24, 2.45) is 0 Å². The molecule has 0 aliphatic heterocycles. The highest BCUT2D eigenvalue weighted by atomic mass is 16.5. The van der Waals surface area contributed by atoms with Crippen LogP contribution < -0.4 is 10.1 Å². The molecule has 1 N–H and O–H groups in total. The summed E-state index contributed by atoms with van der Waals surface area (Å²) in [6, 6.07) is 9.70. The van der Waals surface area contributed by atoms with Gasteiger partial charge in [0.1, 0.15) is 17.9 Å². The molecule has 0 radical (unpaired) electrons. The molecule has 0 spiro atoms. The molecule has 6 heteroatoms. The molecular formula is C14H15N5O. The summed E-state index contributed by atoms with van der Waals surface area (Å²) in [6.07, 6.45) is 2.34. The molecule has 0 bridgehead atoms. The monoisotopic (exact) mass is 269 g/mol. The number of hydrogen-bond donors (Lipinski definition) is 1. The zero-order valence-electron chi connectivity index (χ0n) is 11.4. The number of rotatable bonds is 4. The van der Waals surface area contributed by atoms with Crippen LogP contribution in [-0.2, 0) is 6.42 Å². The second kappa shape index (κ2) is 5.16. The molecule has 0 atom stereocenters. The Balaban J connectivity index is 2.02. The zero-order valence-corrected chi connectivity index (χ0v) is 11.4. The molecule has 1 aromatic carbocycles. The minimum Gasteiger partial charge on any atom is -0.497 e. The second-order valence-corrected chi connectivity index (χ2v) is 4.32. The van der Waals surface area contributed by atoms with Crippen LogP contribution in [-0.4, -0.2) is 26.7 Å². The van der Waals surface area contributed by atoms with E-state index in [1.807, 2.05) is 30.3 Å². The Morgan fingerprint density at radius 1 is 1.30 bits per heavy atom. The Hall–Kier alpha value is -2.63. The summed E-state index contributed by atoms with van der Waals surface area (Å²) in [5.41, 5.74) is 1.89. The molecule has 0 aliphatic rings. The number of benzene rings is 1. The summed E-state index contributed by atoms with van der Waals surface area (Å²) < 4.78 is 6.90. The molecule has 3 aromatic rings. The minimum absolute atomic E-state index is 0.592. The van der Waals surface area contributed by atoms with E-state index in [0.717, 1.165) is 29.4 Å². The third-order valence-electron chi connectivity index (χ3n) is 3.01. The largest absolute Gasteiger partial charge is 0.497 e. The van der Waals surface area contributed by atoms with Gasteiger partial charge in [0, 0.05) is 23.5 Å². The Labute approximate surface area is 116 Å². The Morgan fingerprint density at radius 2 is 2.20 bits per heavy atom. The highest BCUT2D eigenvalue weighted by molar-refractivity contribution is 5.60. The van der Waals surface area contributed by atoms with Crippen molar-refractivity contribution in [1.82, 2.24) is 19.6 Å². The van der Waals surface area contributed by atoms with Gasteiger partial charge in [0.2, 0.25) is 0 Å². The molecule has 0 fully saturated rings. The SMILES string of the molecule is CCc1cc(Nc2cccc(OC)c2)n2ncnc2n1. The van der Waals surface area contributed by atoms with Crippen molar-refractivity contribution in [3.05, 3.63) is 42.4 Å². The van der Waals surface area contributed by atoms with Crippen molar-refractivity contribution in [3.63, 3.8) is 0 Å². The van der Waals surface area contributed by atoms with Crippen molar-refractivity contribution in [2.75, 3.05) is 12.4 Å². The Morgan fingerprint density at radius 3 is 3.00 bits per heavy atom. The van der Waals surface area contributed by atoms with Crippen molar-refractivity contribution in [3.8, 4) is 5.75 Å². The molecular weight excluding hydrogens is 254 g/mol. The average Bonchev–Trinajstić information content (AvgIpc) is 2.96. The van der Waals surface area contributed by atoms with Gasteiger partial charge in [-0.15, -0.1) is 0 Å². The fraction of sp³-hybridized carbons (Fsp3) is 0.214. The van der Waals surface area contributed by atoms with Gasteiger partial charge in [-0.25, -0.2) is 4.98 Å². The lowest BCUT2D eigenvalue weighted by Crippen LogP contribution is -2.03. The summed E-state index contributed by atoms with van der Waals surface area (Å²) in [7, 11) is 1.65. The van der Waals surface area contributed by atoms with Gasteiger partial charge in [-0.2, -0.15) is 14.6 Å². The molecule has 3 rings (SSSR count). The van der Waals surface area contributed by atoms with Crippen molar-refractivity contribution >= 4 is 17.3 Å². The van der Waals surface area contributed by atoms with Crippen LogP contribution in [0.4, 0.5) is 11.5 Å². The molecule has 20 heavy (non-hydrogen) atoms. The number of fused-ring (bicyclic) bond motifs is 1. The highest BCUT2D eigenvalue weighted by Crippen LogP contribution is 2.21. The molecule has 2 aromatic heterocycles. The predicted octanol–water partition coefficient (Wildman–Crippen LogP) is 2.44. The maximum atomic E-state index is 5.22. The normalized spacial score (nSPS) is 10.7. The summed E-state index contributed by atoms with van der Waals surface area (Å²) in [5, 5.41) is 7.51. The van der Waals surface area contributed by atoms with E-state index in [4.69, 9.17) is 4.74 Å². The lowest BCUT2D eigenvalue weighted by Gasteiger charge is -2.10. The van der Waals surface area contributed by atoms with Gasteiger partial charge in [-0.1, -0.05) is 13.0 Å². The third-order valence-corrected chi connectivity index (χ3v) is 3.01. The van der Waals surface area contributed by atoms with Crippen LogP contribution in [0.3, 0.4) is 0 Å². The first kappa shape index (κ1) is 12.4. The topological polar surface area (TPSA) is 64.3 Å². The van der Waals surface area contributed by atoms with Gasteiger partial charge in [0.15, 0.2) is 0 Å². The first-order valence-electron chi connectivity index (χ1n) is 6.41. The van der Waals surface area contributed by atoms with Gasteiger partial charge in [-0.05, 0) is 18.6 Å². The van der Waals surface area contributed by atoms with Crippen LogP contribution in [0.25, 0.3) is 5.78 Å². The van der Waals surface area contributed by atoms with E-state index in [2.05, 4.69) is 27.3 Å². The van der Waals surface area contributed by atoms with Crippen LogP contribution in [0.5, 0.6) is 5.75 Å². The number of ether oxygens (including phenoxy) is 1. The zero-order chi connectivity index (χ0) is 13.9. The maximum absolute atomic E-state index is 5.22. The van der Waals surface area contributed by atoms with Crippen molar-refractivity contribution in [2.45, 2.75) is 13.3 Å². The highest BCUT2D eigenvalue weighted by Gasteiger charge is 2.07. The summed E-state index contributed by atoms with van der Waals surface area (Å²) in [5.74, 6) is 2.22. The second-order valence-electron chi connectivity index (χ2n) is 4.32. The quantitative estimate of drug-likeness (QED) is 0.788. The fourth-order valence-electron chi connectivity index (χ4n) is 1.98. The van der Waals surface area contributed by atoms with Crippen LogP contribution in [0.2, 0.25) is 0 Å². The number of hydrogen-bond acceptors (Lipinski definition) is 5. The van der Waals surface area contributed by atoms with Gasteiger partial charge in [-0.3, -0.25) is 0 Å². The van der Waals surface area contributed by atoms with Gasteiger partial charge < -0.3 is 10.1 Å². The summed E-state index contributed by atoms with van der Waals surface area (Å²) in [4.78, 5) is 8.55. The van der Waals surface area contributed by atoms with E-state index in [0.29, 0.717) is 5.78 Å². The Bertz CT molecular complexity index is 737. The van der Waals surface area contributed by atoms with Crippen molar-refractivity contribution in [1.29, 1.82) is 0 Å². The van der Waals surface area contributed by atoms with E-state index < -0.39 is 0 Å². The van der Waals surface area contributed by atoms with E-state index in [-0.39, 0.29) is 0 Å². The van der Waals surface area contributed by atoms with E-state index in [1.54, 1.807) is 11.6 Å². The number of methoxy groups -OCH3 is 1. The number of aryl methyl sites for hydroxylation is 1. The fourth-order valence-corrected chi connectivity index (χ4v) is 1.98. The van der Waals surface area contributed by atoms with Crippen LogP contribution in [0, 0.1) is 0 Å². The molecule has 0 aliphatic carbocycles. The first-order valence-corrected chi connectivity index (χ1v) is 6.41. The molecule has 0 saturated carbocycles. The third kappa shape index (κ3) is 2.27. The van der Waals surface area contributed by atoms with Gasteiger partial charge >= 0.3 is 0 Å². The molecule has 6 nitrogen and oxygen atoms in total.